The van der Waals surface area contributed by atoms with Crippen LogP contribution in [0.2, 0.25) is 0 Å². The van der Waals surface area contributed by atoms with Gasteiger partial charge in [0.1, 0.15) is 11.1 Å². The predicted octanol–water partition coefficient (Wildman–Crippen LogP) is 5.26. The molecule has 4 rings (SSSR count). The van der Waals surface area contributed by atoms with Crippen LogP contribution in [0, 0.1) is 13.7 Å². The van der Waals surface area contributed by atoms with Crippen LogP contribution < -0.4 is 5.32 Å². The van der Waals surface area contributed by atoms with Crippen LogP contribution in [0.3, 0.4) is 0 Å². The zero-order valence-corrected chi connectivity index (χ0v) is 16.4. The molecule has 0 bridgehead atoms. The van der Waals surface area contributed by atoms with E-state index in [2.05, 4.69) is 32.9 Å². The van der Waals surface area contributed by atoms with E-state index < -0.39 is 10.8 Å². The minimum Gasteiger partial charge on any atom is -0.436 e. The number of fused-ring (bicyclic) bond motifs is 1. The molecule has 0 radical (unpaired) electrons. The molecule has 0 aliphatic heterocycles. The number of halogens is 1. The highest BCUT2D eigenvalue weighted by Gasteiger charge is 2.19. The molecule has 138 valence electrons. The van der Waals surface area contributed by atoms with Crippen LogP contribution in [0.25, 0.3) is 22.6 Å². The Bertz CT molecular complexity index is 1220. The van der Waals surface area contributed by atoms with E-state index >= 15 is 0 Å². The van der Waals surface area contributed by atoms with Gasteiger partial charge in [-0.2, -0.15) is 0 Å². The minimum atomic E-state index is -0.580. The summed E-state index contributed by atoms with van der Waals surface area (Å²) < 4.78 is 6.85. The summed E-state index contributed by atoms with van der Waals surface area (Å²) in [5.41, 5.74) is 2.23. The summed E-state index contributed by atoms with van der Waals surface area (Å²) in [7, 11) is 0. The number of nitro groups is 1. The van der Waals surface area contributed by atoms with E-state index in [4.69, 9.17) is 4.42 Å². The first-order chi connectivity index (χ1) is 13.5. The van der Waals surface area contributed by atoms with Gasteiger partial charge in [0.2, 0.25) is 5.89 Å². The molecule has 1 aromatic heterocycles. The number of anilines is 1. The molecule has 0 atom stereocenters. The van der Waals surface area contributed by atoms with E-state index in [0.29, 0.717) is 22.7 Å². The van der Waals surface area contributed by atoms with Gasteiger partial charge in [-0.1, -0.05) is 18.2 Å². The van der Waals surface area contributed by atoms with Gasteiger partial charge in [0.15, 0.2) is 5.58 Å². The first-order valence-electron chi connectivity index (χ1n) is 8.22. The van der Waals surface area contributed by atoms with Crippen molar-refractivity contribution in [1.29, 1.82) is 0 Å². The summed E-state index contributed by atoms with van der Waals surface area (Å²) in [6.45, 7) is 0. The first-order valence-corrected chi connectivity index (χ1v) is 9.30. The number of nitrogens with zero attached hydrogens (tertiary/aromatic N) is 2. The molecular weight excluding hydrogens is 473 g/mol. The smallest absolute Gasteiger partial charge is 0.282 e. The molecule has 0 fully saturated rings. The fourth-order valence-corrected chi connectivity index (χ4v) is 3.32. The monoisotopic (exact) mass is 485 g/mol. The van der Waals surface area contributed by atoms with Gasteiger partial charge >= 0.3 is 0 Å². The summed E-state index contributed by atoms with van der Waals surface area (Å²) in [6, 6.07) is 18.6. The maximum atomic E-state index is 12.5. The fraction of sp³-hybridized carbons (Fsp3) is 0. The number of benzene rings is 3. The maximum Gasteiger partial charge on any atom is 0.282 e. The fourth-order valence-electron chi connectivity index (χ4n) is 2.77. The minimum absolute atomic E-state index is 0.00713. The molecule has 0 aliphatic carbocycles. The van der Waals surface area contributed by atoms with Gasteiger partial charge in [-0.3, -0.25) is 14.9 Å². The number of carbonyl (C=O) groups excluding carboxylic acids is 1. The molecule has 0 aliphatic rings. The van der Waals surface area contributed by atoms with E-state index in [1.165, 1.54) is 18.2 Å². The normalized spacial score (nSPS) is 10.8. The van der Waals surface area contributed by atoms with Crippen LogP contribution >= 0.6 is 22.6 Å². The zero-order valence-electron chi connectivity index (χ0n) is 14.3. The average molecular weight is 485 g/mol. The van der Waals surface area contributed by atoms with Gasteiger partial charge in [-0.05, 0) is 65.1 Å². The summed E-state index contributed by atoms with van der Waals surface area (Å²) in [4.78, 5) is 27.5. The van der Waals surface area contributed by atoms with Gasteiger partial charge in [0.25, 0.3) is 11.6 Å². The number of oxazole rings is 1. The third-order valence-electron chi connectivity index (χ3n) is 4.06. The molecule has 4 aromatic rings. The summed E-state index contributed by atoms with van der Waals surface area (Å²) in [5.74, 6) is -0.0799. The van der Waals surface area contributed by atoms with Crippen molar-refractivity contribution < 1.29 is 14.1 Å². The van der Waals surface area contributed by atoms with E-state index in [-0.39, 0.29) is 11.3 Å². The molecule has 3 aromatic carbocycles. The third-order valence-corrected chi connectivity index (χ3v) is 4.73. The molecule has 1 heterocycles. The molecule has 1 N–H and O–H groups in total. The summed E-state index contributed by atoms with van der Waals surface area (Å²) >= 11 is 2.22. The molecule has 28 heavy (non-hydrogen) atoms. The van der Waals surface area contributed by atoms with Gasteiger partial charge in [-0.15, -0.1) is 0 Å². The van der Waals surface area contributed by atoms with Crippen LogP contribution in [-0.4, -0.2) is 15.8 Å². The number of rotatable bonds is 4. The number of hydrogen-bond acceptors (Lipinski definition) is 5. The van der Waals surface area contributed by atoms with Gasteiger partial charge < -0.3 is 9.73 Å². The molecule has 0 saturated carbocycles. The average Bonchev–Trinajstić information content (AvgIpc) is 3.11. The van der Waals surface area contributed by atoms with Crippen molar-refractivity contribution in [3.63, 3.8) is 0 Å². The van der Waals surface area contributed by atoms with Crippen LogP contribution in [0.4, 0.5) is 11.4 Å². The van der Waals surface area contributed by atoms with Crippen LogP contribution in [-0.2, 0) is 0 Å². The van der Waals surface area contributed by atoms with E-state index in [9.17, 15) is 14.9 Å². The molecule has 0 unspecified atom stereocenters. The summed E-state index contributed by atoms with van der Waals surface area (Å²) in [6.07, 6.45) is 0. The van der Waals surface area contributed by atoms with Crippen molar-refractivity contribution in [3.05, 3.63) is 86.0 Å². The summed E-state index contributed by atoms with van der Waals surface area (Å²) in [5, 5.41) is 13.8. The number of nitrogens with one attached hydrogen (secondary N) is 1. The quantitative estimate of drug-likeness (QED) is 0.242. The SMILES string of the molecule is O=C(Nc1ccc2oc(-c3cccc(I)c3)nc2c1)c1ccccc1[N+](=O)[O-]. The highest BCUT2D eigenvalue weighted by molar-refractivity contribution is 14.1. The number of hydrogen-bond donors (Lipinski definition) is 1. The van der Waals surface area contributed by atoms with E-state index in [0.717, 1.165) is 9.13 Å². The second kappa shape index (κ2) is 7.39. The Labute approximate surface area is 172 Å². The Kier molecular flexibility index (Phi) is 4.78. The van der Waals surface area contributed by atoms with Crippen molar-refractivity contribution in [3.8, 4) is 11.5 Å². The van der Waals surface area contributed by atoms with Crippen LogP contribution in [0.1, 0.15) is 10.4 Å². The molecule has 8 heteroatoms. The van der Waals surface area contributed by atoms with Crippen molar-refractivity contribution in [2.24, 2.45) is 0 Å². The second-order valence-corrected chi connectivity index (χ2v) is 7.19. The Hall–Kier alpha value is -3.27. The number of nitro benzene ring substituents is 1. The van der Waals surface area contributed by atoms with Crippen molar-refractivity contribution in [2.45, 2.75) is 0 Å². The van der Waals surface area contributed by atoms with Crippen molar-refractivity contribution in [1.82, 2.24) is 4.98 Å². The third kappa shape index (κ3) is 3.58. The molecule has 0 saturated heterocycles. The van der Waals surface area contributed by atoms with Crippen molar-refractivity contribution in [2.75, 3.05) is 5.32 Å². The van der Waals surface area contributed by atoms with E-state index in [1.54, 1.807) is 24.3 Å². The second-order valence-electron chi connectivity index (χ2n) is 5.94. The Balaban J connectivity index is 1.64. The highest BCUT2D eigenvalue weighted by atomic mass is 127. The lowest BCUT2D eigenvalue weighted by molar-refractivity contribution is -0.385. The first kappa shape index (κ1) is 18.1. The highest BCUT2D eigenvalue weighted by Crippen LogP contribution is 2.27. The molecule has 7 nitrogen and oxygen atoms in total. The van der Waals surface area contributed by atoms with E-state index in [1.807, 2.05) is 24.3 Å². The Morgan fingerprint density at radius 1 is 1.07 bits per heavy atom. The number of aromatic nitrogens is 1. The van der Waals surface area contributed by atoms with Crippen LogP contribution in [0.15, 0.2) is 71.1 Å². The van der Waals surface area contributed by atoms with Gasteiger partial charge in [-0.25, -0.2) is 4.98 Å². The van der Waals surface area contributed by atoms with Gasteiger partial charge in [0.05, 0.1) is 4.92 Å². The zero-order chi connectivity index (χ0) is 19.7. The largest absolute Gasteiger partial charge is 0.436 e. The Morgan fingerprint density at radius 2 is 1.89 bits per heavy atom. The number of amides is 1. The lowest BCUT2D eigenvalue weighted by atomic mass is 10.1. The van der Waals surface area contributed by atoms with Crippen LogP contribution in [0.5, 0.6) is 0 Å². The van der Waals surface area contributed by atoms with Crippen molar-refractivity contribution >= 4 is 51.0 Å². The Morgan fingerprint density at radius 3 is 2.68 bits per heavy atom. The predicted molar refractivity (Wildman–Crippen MR) is 113 cm³/mol. The topological polar surface area (TPSA) is 98.3 Å². The molecule has 1 amide bonds. The lowest BCUT2D eigenvalue weighted by Gasteiger charge is -2.05. The molecular formula is C20H12IN3O4. The standard InChI is InChI=1S/C20H12IN3O4/c21-13-5-3-4-12(10-13)20-23-16-11-14(8-9-18(16)28-20)22-19(25)15-6-1-2-7-17(15)24(26)27/h1-11H,(H,22,25). The number of para-hydroxylation sites is 1. The molecule has 0 spiro atoms. The van der Waals surface area contributed by atoms with Gasteiger partial charge in [0, 0.05) is 20.9 Å². The number of carbonyl (C=O) groups is 1. The lowest BCUT2D eigenvalue weighted by Crippen LogP contribution is -2.13. The maximum absolute atomic E-state index is 12.5.